The number of aryl methyl sites for hydroxylation is 1. The fourth-order valence-electron chi connectivity index (χ4n) is 2.05. The summed E-state index contributed by atoms with van der Waals surface area (Å²) in [6.45, 7) is 5.38. The zero-order valence-corrected chi connectivity index (χ0v) is 11.7. The number of nitrogens with zero attached hydrogens (tertiary/aromatic N) is 3. The van der Waals surface area contributed by atoms with Crippen LogP contribution in [0, 0.1) is 19.1 Å². The summed E-state index contributed by atoms with van der Waals surface area (Å²) in [6, 6.07) is 1.11. The molecule has 2 rings (SSSR count). The molecule has 1 fully saturated rings. The van der Waals surface area contributed by atoms with Crippen LogP contribution in [0.5, 0.6) is 0 Å². The summed E-state index contributed by atoms with van der Waals surface area (Å²) in [5.74, 6) is -0.367. The molecule has 1 aliphatic heterocycles. The molecule has 110 valence electrons. The molecular formula is C13H18ClN3O3. The van der Waals surface area contributed by atoms with Crippen LogP contribution < -0.4 is 9.63 Å². The zero-order chi connectivity index (χ0) is 14.3. The number of pyridine rings is 1. The third-order valence-corrected chi connectivity index (χ3v) is 3.55. The van der Waals surface area contributed by atoms with Crippen LogP contribution in [0.1, 0.15) is 25.6 Å². The van der Waals surface area contributed by atoms with E-state index in [9.17, 15) is 14.8 Å². The second-order valence-electron chi connectivity index (χ2n) is 4.40. The van der Waals surface area contributed by atoms with Crippen molar-refractivity contribution < 1.29 is 14.3 Å². The topological polar surface area (TPSA) is 67.6 Å². The second-order valence-corrected chi connectivity index (χ2v) is 4.81. The highest BCUT2D eigenvalue weighted by atomic mass is 35.5. The molecule has 0 bridgehead atoms. The summed E-state index contributed by atoms with van der Waals surface area (Å²) >= 11 is 5.91. The highest BCUT2D eigenvalue weighted by Gasteiger charge is 2.45. The maximum Gasteiger partial charge on any atom is 0.419 e. The number of aromatic nitrogens is 1. The minimum Gasteiger partial charge on any atom is -0.710 e. The molecule has 6 nitrogen and oxygen atoms in total. The summed E-state index contributed by atoms with van der Waals surface area (Å²) in [4.78, 5) is 26.3. The molecule has 0 saturated carbocycles. The van der Waals surface area contributed by atoms with Crippen LogP contribution in [0.2, 0.25) is 5.02 Å². The standard InChI is InChI=1S/C12H14ClN3O3.CH4/c1-4-14-6-10(17)15(12(14)18)11-7(2)5-9(13)8(3)16(11)19;/h5H,4,6H2,1-3H3;1H4. The van der Waals surface area contributed by atoms with Crippen LogP contribution in [0.25, 0.3) is 0 Å². The number of hydrogen-bond donors (Lipinski definition) is 0. The molecule has 0 aliphatic carbocycles. The second kappa shape index (κ2) is 5.66. The van der Waals surface area contributed by atoms with E-state index in [0.717, 1.165) is 4.90 Å². The third-order valence-electron chi connectivity index (χ3n) is 3.17. The number of carbonyl (C=O) groups is 2. The van der Waals surface area contributed by atoms with E-state index in [4.69, 9.17) is 11.6 Å². The molecule has 0 aromatic carbocycles. The van der Waals surface area contributed by atoms with Crippen molar-refractivity contribution in [3.8, 4) is 0 Å². The van der Waals surface area contributed by atoms with Gasteiger partial charge in [-0.05, 0) is 26.8 Å². The van der Waals surface area contributed by atoms with Crippen molar-refractivity contribution in [2.45, 2.75) is 28.2 Å². The largest absolute Gasteiger partial charge is 0.710 e. The van der Waals surface area contributed by atoms with Crippen LogP contribution >= 0.6 is 11.6 Å². The molecule has 1 aromatic rings. The Bertz CT molecular complexity index is 574. The Morgan fingerprint density at radius 1 is 1.40 bits per heavy atom. The monoisotopic (exact) mass is 299 g/mol. The van der Waals surface area contributed by atoms with Crippen LogP contribution in [-0.2, 0) is 4.79 Å². The van der Waals surface area contributed by atoms with E-state index in [1.54, 1.807) is 26.8 Å². The van der Waals surface area contributed by atoms with Crippen LogP contribution in [0.3, 0.4) is 0 Å². The van der Waals surface area contributed by atoms with Crippen molar-refractivity contribution in [2.24, 2.45) is 0 Å². The fraction of sp³-hybridized carbons (Fsp3) is 0.462. The third kappa shape index (κ3) is 2.31. The van der Waals surface area contributed by atoms with Crippen LogP contribution in [0.15, 0.2) is 6.07 Å². The van der Waals surface area contributed by atoms with Gasteiger partial charge in [0.05, 0.1) is 5.02 Å². The fourth-order valence-corrected chi connectivity index (χ4v) is 2.29. The molecule has 7 heteroatoms. The molecule has 3 amide bonds. The Balaban J connectivity index is 0.00000200. The minimum absolute atomic E-state index is 0. The number of imide groups is 1. The predicted octanol–water partition coefficient (Wildman–Crippen LogP) is 2.01. The van der Waals surface area contributed by atoms with Crippen molar-refractivity contribution in [1.82, 2.24) is 4.90 Å². The van der Waals surface area contributed by atoms with E-state index in [0.29, 0.717) is 21.9 Å². The van der Waals surface area contributed by atoms with Gasteiger partial charge in [0.1, 0.15) is 12.2 Å². The Morgan fingerprint density at radius 2 is 2.00 bits per heavy atom. The Morgan fingerprint density at radius 3 is 2.50 bits per heavy atom. The molecular weight excluding hydrogens is 282 g/mol. The quantitative estimate of drug-likeness (QED) is 0.476. The Hall–Kier alpha value is -1.82. The van der Waals surface area contributed by atoms with Gasteiger partial charge >= 0.3 is 11.9 Å². The summed E-state index contributed by atoms with van der Waals surface area (Å²) in [5.41, 5.74) is 0.753. The van der Waals surface area contributed by atoms with Crippen LogP contribution in [0.4, 0.5) is 10.6 Å². The first-order valence-electron chi connectivity index (χ1n) is 5.89. The average molecular weight is 300 g/mol. The maximum absolute atomic E-state index is 12.2. The molecule has 0 atom stereocenters. The van der Waals surface area contributed by atoms with Crippen molar-refractivity contribution in [1.29, 1.82) is 0 Å². The summed E-state index contributed by atoms with van der Waals surface area (Å²) in [7, 11) is 0. The normalized spacial score (nSPS) is 14.8. The van der Waals surface area contributed by atoms with Gasteiger partial charge in [-0.25, -0.2) is 14.3 Å². The Labute approximate surface area is 123 Å². The molecule has 1 saturated heterocycles. The van der Waals surface area contributed by atoms with Gasteiger partial charge in [-0.1, -0.05) is 19.0 Å². The lowest BCUT2D eigenvalue weighted by Gasteiger charge is -2.18. The maximum atomic E-state index is 12.2. The van der Waals surface area contributed by atoms with Crippen molar-refractivity contribution in [2.75, 3.05) is 18.0 Å². The number of anilines is 1. The summed E-state index contributed by atoms with van der Waals surface area (Å²) in [6.07, 6.45) is 0. The first kappa shape index (κ1) is 16.2. The van der Waals surface area contributed by atoms with Gasteiger partial charge in [0.15, 0.2) is 0 Å². The first-order chi connectivity index (χ1) is 8.88. The van der Waals surface area contributed by atoms with Crippen LogP contribution in [-0.4, -0.2) is 29.9 Å². The number of rotatable bonds is 2. The van der Waals surface area contributed by atoms with E-state index in [1.807, 2.05) is 0 Å². The molecule has 0 N–H and O–H groups in total. The zero-order valence-electron chi connectivity index (χ0n) is 10.9. The van der Waals surface area contributed by atoms with E-state index in [2.05, 4.69) is 0 Å². The molecule has 0 spiro atoms. The number of carbonyl (C=O) groups excluding carboxylic acids is 2. The highest BCUT2D eigenvalue weighted by Crippen LogP contribution is 2.25. The molecule has 2 heterocycles. The van der Waals surface area contributed by atoms with Gasteiger partial charge in [-0.15, -0.1) is 4.90 Å². The molecule has 20 heavy (non-hydrogen) atoms. The van der Waals surface area contributed by atoms with Gasteiger partial charge in [0.2, 0.25) is 0 Å². The number of urea groups is 1. The van der Waals surface area contributed by atoms with E-state index < -0.39 is 11.9 Å². The molecule has 0 unspecified atom stereocenters. The number of likely N-dealkylation sites (N-methyl/N-ethyl adjacent to an activating group) is 1. The predicted molar refractivity (Wildman–Crippen MR) is 76.7 cm³/mol. The molecule has 1 aromatic heterocycles. The number of amides is 3. The van der Waals surface area contributed by atoms with Gasteiger partial charge in [0.25, 0.3) is 5.82 Å². The Kier molecular flexibility index (Phi) is 4.60. The van der Waals surface area contributed by atoms with E-state index >= 15 is 0 Å². The lowest BCUT2D eigenvalue weighted by molar-refractivity contribution is -0.598. The smallest absolute Gasteiger partial charge is 0.419 e. The van der Waals surface area contributed by atoms with Gasteiger partial charge in [-0.3, -0.25) is 4.90 Å². The van der Waals surface area contributed by atoms with E-state index in [1.165, 1.54) is 4.90 Å². The molecule has 1 aliphatic rings. The van der Waals surface area contributed by atoms with Gasteiger partial charge in [-0.2, -0.15) is 0 Å². The van der Waals surface area contributed by atoms with Crippen molar-refractivity contribution in [3.63, 3.8) is 0 Å². The SMILES string of the molecule is C.CCN1CC(=O)N(c2c(C)cc(Cl)c(C)[n+]2[O-])C1=O. The lowest BCUT2D eigenvalue weighted by Crippen LogP contribution is -2.45. The summed E-state index contributed by atoms with van der Waals surface area (Å²) < 4.78 is 0.534. The van der Waals surface area contributed by atoms with Gasteiger partial charge in [0, 0.05) is 12.1 Å². The highest BCUT2D eigenvalue weighted by molar-refractivity contribution is 6.31. The van der Waals surface area contributed by atoms with Gasteiger partial charge < -0.3 is 5.21 Å². The number of halogens is 1. The van der Waals surface area contributed by atoms with E-state index in [-0.39, 0.29) is 25.5 Å². The summed E-state index contributed by atoms with van der Waals surface area (Å²) in [5, 5.41) is 12.5. The minimum atomic E-state index is -0.470. The number of hydrogen-bond acceptors (Lipinski definition) is 3. The molecule has 0 radical (unpaired) electrons. The van der Waals surface area contributed by atoms with Crippen molar-refractivity contribution >= 4 is 29.4 Å². The average Bonchev–Trinajstić information content (AvgIpc) is 2.63. The van der Waals surface area contributed by atoms with Crippen molar-refractivity contribution in [3.05, 3.63) is 27.6 Å². The first-order valence-corrected chi connectivity index (χ1v) is 6.27. The lowest BCUT2D eigenvalue weighted by atomic mass is 10.2.